The molecule has 0 amide bonds. The molecule has 0 spiro atoms. The Morgan fingerprint density at radius 3 is 1.59 bits per heavy atom. The van der Waals surface area contributed by atoms with Crippen LogP contribution in [0.5, 0.6) is 5.75 Å². The predicted molar refractivity (Wildman–Crippen MR) is 213 cm³/mol. The maximum absolute atomic E-state index is 11.2. The third-order valence-corrected chi connectivity index (χ3v) is 8.33. The molecule has 0 saturated heterocycles. The van der Waals surface area contributed by atoms with Gasteiger partial charge in [0.1, 0.15) is 11.5 Å². The Kier molecular flexibility index (Phi) is 12.0. The normalized spacial score (nSPS) is 15.9. The summed E-state index contributed by atoms with van der Waals surface area (Å²) >= 11 is 0. The van der Waals surface area contributed by atoms with Crippen molar-refractivity contribution in [2.75, 3.05) is 25.1 Å². The minimum atomic E-state index is -1.55. The van der Waals surface area contributed by atoms with Crippen molar-refractivity contribution in [3.8, 4) is 5.75 Å². The number of hydrazone groups is 2. The van der Waals surface area contributed by atoms with Gasteiger partial charge in [-0.1, -0.05) is 78.9 Å². The van der Waals surface area contributed by atoms with Crippen LogP contribution in [-0.2, 0) is 4.74 Å². The second kappa shape index (κ2) is 17.8. The van der Waals surface area contributed by atoms with E-state index in [2.05, 4.69) is 31.3 Å². The van der Waals surface area contributed by atoms with E-state index in [9.17, 15) is 20.2 Å². The van der Waals surface area contributed by atoms with Gasteiger partial charge in [-0.05, 0) is 53.6 Å². The van der Waals surface area contributed by atoms with Crippen molar-refractivity contribution in [1.29, 1.82) is 0 Å². The topological polar surface area (TPSA) is 203 Å². The van der Waals surface area contributed by atoms with Gasteiger partial charge in [-0.15, -0.1) is 20.5 Å². The van der Waals surface area contributed by atoms with Gasteiger partial charge in [0.05, 0.1) is 35.4 Å². The number of hydrogen-bond donors (Lipinski definition) is 2. The lowest BCUT2D eigenvalue weighted by Gasteiger charge is -2.28. The molecule has 0 atom stereocenters. The van der Waals surface area contributed by atoms with Gasteiger partial charge in [0.2, 0.25) is 11.7 Å². The minimum absolute atomic E-state index is 0.0614. The Hall–Kier alpha value is -7.88. The number of allylic oxidation sites excluding steroid dienone is 2. The van der Waals surface area contributed by atoms with Crippen LogP contribution in [0.1, 0.15) is 23.1 Å². The molecule has 16 heteroatoms. The fraction of sp³-hybridized carbons (Fsp3) is 0.100. The first-order valence-electron chi connectivity index (χ1n) is 17.0. The molecule has 5 aromatic rings. The lowest BCUT2D eigenvalue weighted by atomic mass is 9.92. The average molecular weight is 751 g/mol. The van der Waals surface area contributed by atoms with Gasteiger partial charge in [-0.25, -0.2) is 0 Å². The molecule has 280 valence electrons. The summed E-state index contributed by atoms with van der Waals surface area (Å²) in [4.78, 5) is 21.4. The number of nitro benzene ring substituents is 2. The molecule has 0 unspecified atom stereocenters. The third kappa shape index (κ3) is 9.37. The summed E-state index contributed by atoms with van der Waals surface area (Å²) in [6.45, 7) is 0. The number of hydrogen-bond acceptors (Lipinski definition) is 12. The molecule has 1 aliphatic rings. The second-order valence-electron chi connectivity index (χ2n) is 12.0. The monoisotopic (exact) mass is 750 g/mol. The Balaban J connectivity index is 1.43. The van der Waals surface area contributed by atoms with Crippen LogP contribution in [0.2, 0.25) is 0 Å². The summed E-state index contributed by atoms with van der Waals surface area (Å²) in [6.07, 6.45) is 3.90. The van der Waals surface area contributed by atoms with E-state index in [-0.39, 0.29) is 29.5 Å². The minimum Gasteiger partial charge on any atom is -0.497 e. The fourth-order valence-corrected chi connectivity index (χ4v) is 5.37. The van der Waals surface area contributed by atoms with Crippen molar-refractivity contribution in [1.82, 2.24) is 0 Å². The Morgan fingerprint density at radius 2 is 1.14 bits per heavy atom. The molecular formula is C40H34N10O6. The Labute approximate surface area is 320 Å². The number of nitro groups is 2. The van der Waals surface area contributed by atoms with Crippen molar-refractivity contribution in [2.45, 2.75) is 12.1 Å². The molecule has 6 rings (SSSR count). The zero-order valence-electron chi connectivity index (χ0n) is 30.1. The molecule has 1 aliphatic carbocycles. The van der Waals surface area contributed by atoms with Crippen LogP contribution in [0, 0.1) is 20.2 Å². The highest BCUT2D eigenvalue weighted by molar-refractivity contribution is 6.00. The number of ether oxygens (including phenoxy) is 2. The summed E-state index contributed by atoms with van der Waals surface area (Å²) in [5, 5.41) is 50.1. The Bertz CT molecular complexity index is 2240. The maximum atomic E-state index is 11.2. The zero-order chi connectivity index (χ0) is 39.3. The number of rotatable bonds is 13. The molecule has 0 radical (unpaired) electrons. The van der Waals surface area contributed by atoms with E-state index in [4.69, 9.17) is 19.7 Å². The van der Waals surface area contributed by atoms with Gasteiger partial charge in [0.25, 0.3) is 17.0 Å². The molecule has 0 aromatic heterocycles. The number of non-ortho nitro benzene ring substituents is 2. The van der Waals surface area contributed by atoms with Crippen molar-refractivity contribution in [2.24, 2.45) is 30.7 Å². The molecule has 0 bridgehead atoms. The molecule has 0 aliphatic heterocycles. The van der Waals surface area contributed by atoms with Crippen molar-refractivity contribution >= 4 is 40.0 Å². The van der Waals surface area contributed by atoms with Crippen LogP contribution < -0.4 is 15.6 Å². The number of azo groups is 2. The Morgan fingerprint density at radius 1 is 0.643 bits per heavy atom. The van der Waals surface area contributed by atoms with E-state index < -0.39 is 15.5 Å². The number of nitrogens with one attached hydrogen (secondary N) is 2. The lowest BCUT2D eigenvalue weighted by molar-refractivity contribution is -0.385. The van der Waals surface area contributed by atoms with Crippen LogP contribution in [0.4, 0.5) is 22.7 Å². The molecule has 0 saturated carbocycles. The van der Waals surface area contributed by atoms with Crippen molar-refractivity contribution in [3.63, 3.8) is 0 Å². The van der Waals surface area contributed by atoms with Crippen molar-refractivity contribution < 1.29 is 19.3 Å². The van der Waals surface area contributed by atoms with Crippen LogP contribution >= 0.6 is 0 Å². The number of nitrogens with zero attached hydrogens (tertiary/aromatic N) is 8. The van der Waals surface area contributed by atoms with E-state index in [1.165, 1.54) is 55.6 Å². The fourth-order valence-electron chi connectivity index (χ4n) is 5.37. The first-order chi connectivity index (χ1) is 27.3. The summed E-state index contributed by atoms with van der Waals surface area (Å²) in [6, 6.07) is 37.4. The highest BCUT2D eigenvalue weighted by Crippen LogP contribution is 2.38. The third-order valence-electron chi connectivity index (χ3n) is 8.33. The maximum Gasteiger partial charge on any atom is 0.269 e. The zero-order valence-corrected chi connectivity index (χ0v) is 30.1. The van der Waals surface area contributed by atoms with E-state index in [1.807, 2.05) is 91.0 Å². The number of benzene rings is 5. The van der Waals surface area contributed by atoms with Gasteiger partial charge >= 0.3 is 0 Å². The average Bonchev–Trinajstić information content (AvgIpc) is 3.24. The van der Waals surface area contributed by atoms with Crippen LogP contribution in [0.15, 0.2) is 182 Å². The quantitative estimate of drug-likeness (QED) is 0.0389. The summed E-state index contributed by atoms with van der Waals surface area (Å²) < 4.78 is 11.4. The molecule has 5 aromatic carbocycles. The van der Waals surface area contributed by atoms with Crippen molar-refractivity contribution in [3.05, 3.63) is 188 Å². The summed E-state index contributed by atoms with van der Waals surface area (Å²) in [5.41, 5.74) is 8.05. The number of amidine groups is 2. The molecule has 0 heterocycles. The van der Waals surface area contributed by atoms with Gasteiger partial charge in [-0.2, -0.15) is 10.2 Å². The van der Waals surface area contributed by atoms with Gasteiger partial charge in [-0.3, -0.25) is 31.1 Å². The molecular weight excluding hydrogens is 717 g/mol. The molecule has 0 fully saturated rings. The predicted octanol–water partition coefficient (Wildman–Crippen LogP) is 9.38. The molecule has 56 heavy (non-hydrogen) atoms. The van der Waals surface area contributed by atoms with E-state index in [0.717, 1.165) is 11.1 Å². The lowest BCUT2D eigenvalue weighted by Crippen LogP contribution is -2.29. The molecule has 16 nitrogen and oxygen atoms in total. The van der Waals surface area contributed by atoms with Gasteiger partial charge in [0.15, 0.2) is 0 Å². The first kappa shape index (κ1) is 37.9. The standard InChI is InChI=1S/C40H34N10O6/c1-55-36-15-9-14-30(26-36)31-24-25-40(37(27-31)56-2,47-45-38(28-10-5-3-6-11-28)43-41-32-16-20-34(21-17-32)49(51)52)48-46-39(29-12-7-4-8-13-29)44-42-33-18-22-35(23-19-33)50(53)54/h3-24,26-27,41-42H,25H2,1-2H3. The van der Waals surface area contributed by atoms with Crippen LogP contribution in [-0.4, -0.2) is 41.4 Å². The van der Waals surface area contributed by atoms with E-state index in [1.54, 1.807) is 13.2 Å². The largest absolute Gasteiger partial charge is 0.497 e. The number of methoxy groups -OCH3 is 2. The summed E-state index contributed by atoms with van der Waals surface area (Å²) in [7, 11) is 3.10. The SMILES string of the molecule is COC1=CC(c2cccc(OC)c2)=CCC1(N=NC(=NNc1ccc([N+](=O)[O-])cc1)c1ccccc1)N=NC(=NNc1ccc([N+](=O)[O-])cc1)c1ccccc1. The van der Waals surface area contributed by atoms with E-state index in [0.29, 0.717) is 34.0 Å². The molecule has 2 N–H and O–H groups in total. The highest BCUT2D eigenvalue weighted by Gasteiger charge is 2.39. The van der Waals surface area contributed by atoms with Gasteiger partial charge < -0.3 is 9.47 Å². The van der Waals surface area contributed by atoms with E-state index >= 15 is 0 Å². The second-order valence-corrected chi connectivity index (χ2v) is 12.0. The highest BCUT2D eigenvalue weighted by atomic mass is 16.6. The van der Waals surface area contributed by atoms with Crippen LogP contribution in [0.25, 0.3) is 5.57 Å². The first-order valence-corrected chi connectivity index (χ1v) is 17.0. The number of anilines is 2. The van der Waals surface area contributed by atoms with Crippen LogP contribution in [0.3, 0.4) is 0 Å². The van der Waals surface area contributed by atoms with Gasteiger partial charge in [0, 0.05) is 41.8 Å². The summed E-state index contributed by atoms with van der Waals surface area (Å²) in [5.74, 6) is 1.35. The smallest absolute Gasteiger partial charge is 0.269 e.